The van der Waals surface area contributed by atoms with Gasteiger partial charge in [-0.05, 0) is 29.8 Å². The van der Waals surface area contributed by atoms with Crippen LogP contribution in [0.4, 0.5) is 10.1 Å². The van der Waals surface area contributed by atoms with Gasteiger partial charge in [-0.25, -0.2) is 12.8 Å². The zero-order valence-corrected chi connectivity index (χ0v) is 14.3. The maximum atomic E-state index is 14.3. The number of rotatable bonds is 1. The van der Waals surface area contributed by atoms with Crippen molar-refractivity contribution >= 4 is 44.3 Å². The molecule has 1 heterocycles. The van der Waals surface area contributed by atoms with E-state index in [2.05, 4.69) is 5.32 Å². The van der Waals surface area contributed by atoms with Crippen LogP contribution in [0.25, 0.3) is 0 Å². The lowest BCUT2D eigenvalue weighted by Crippen LogP contribution is -2.26. The van der Waals surface area contributed by atoms with Crippen LogP contribution in [0.5, 0.6) is 0 Å². The molecule has 0 saturated carbocycles. The van der Waals surface area contributed by atoms with Crippen molar-refractivity contribution in [1.29, 1.82) is 0 Å². The van der Waals surface area contributed by atoms with Crippen molar-refractivity contribution in [3.8, 4) is 0 Å². The minimum absolute atomic E-state index is 0.116. The summed E-state index contributed by atoms with van der Waals surface area (Å²) in [6.45, 7) is 0. The largest absolute Gasteiger partial charge is 0.350 e. The van der Waals surface area contributed by atoms with E-state index in [1.54, 1.807) is 24.3 Å². The summed E-state index contributed by atoms with van der Waals surface area (Å²) in [5, 5.41) is 2.30. The van der Waals surface area contributed by atoms with E-state index >= 15 is 0 Å². The van der Waals surface area contributed by atoms with Gasteiger partial charge in [0.15, 0.2) is 9.84 Å². The Bertz CT molecular complexity index is 883. The average Bonchev–Trinajstić information content (AvgIpc) is 2.49. The molecule has 1 unspecified atom stereocenters. The average molecular weight is 370 g/mol. The number of benzene rings is 2. The van der Waals surface area contributed by atoms with Crippen LogP contribution in [0.3, 0.4) is 0 Å². The predicted molar refractivity (Wildman–Crippen MR) is 94.3 cm³/mol. The third-order valence-electron chi connectivity index (χ3n) is 3.73. The van der Waals surface area contributed by atoms with Crippen molar-refractivity contribution in [3.63, 3.8) is 0 Å². The summed E-state index contributed by atoms with van der Waals surface area (Å²) in [4.78, 5) is 0.434. The van der Waals surface area contributed by atoms with Crippen LogP contribution in [-0.4, -0.2) is 19.2 Å². The molecule has 7 heteroatoms. The van der Waals surface area contributed by atoms with Gasteiger partial charge in [0.05, 0.1) is 10.7 Å². The maximum absolute atomic E-state index is 14.3. The van der Waals surface area contributed by atoms with Crippen molar-refractivity contribution in [2.45, 2.75) is 11.7 Å². The SMILES string of the molecule is O=S1(=O)CCC(=S)Nc2ccc(Cl)cc2C1c1ccccc1F. The van der Waals surface area contributed by atoms with E-state index < -0.39 is 20.9 Å². The Balaban J connectivity index is 2.30. The van der Waals surface area contributed by atoms with Gasteiger partial charge in [-0.3, -0.25) is 0 Å². The number of fused-ring (bicyclic) bond motifs is 1. The minimum atomic E-state index is -3.65. The first-order valence-electron chi connectivity index (χ1n) is 6.94. The molecule has 2 aromatic carbocycles. The van der Waals surface area contributed by atoms with E-state index in [4.69, 9.17) is 23.8 Å². The third kappa shape index (κ3) is 3.24. The number of sulfone groups is 1. The highest BCUT2D eigenvalue weighted by Gasteiger charge is 2.34. The Hall–Kier alpha value is -1.50. The van der Waals surface area contributed by atoms with Crippen LogP contribution in [0.15, 0.2) is 42.5 Å². The number of hydrogen-bond donors (Lipinski definition) is 1. The van der Waals surface area contributed by atoms with Crippen LogP contribution < -0.4 is 5.32 Å². The number of thiocarbonyl (C=S) groups is 1. The Morgan fingerprint density at radius 3 is 2.65 bits per heavy atom. The summed E-state index contributed by atoms with van der Waals surface area (Å²) in [6.07, 6.45) is 0.199. The number of anilines is 1. The lowest BCUT2D eigenvalue weighted by atomic mass is 10.0. The zero-order valence-electron chi connectivity index (χ0n) is 11.9. The molecule has 3 rings (SSSR count). The standard InChI is InChI=1S/C16H13ClFNO2S2/c17-10-5-6-14-12(9-10)16(11-3-1-2-4-13(11)18)23(20,21)8-7-15(22)19-14/h1-6,9,16H,7-8H2,(H,19,22). The topological polar surface area (TPSA) is 46.2 Å². The number of hydrogen-bond acceptors (Lipinski definition) is 3. The van der Waals surface area contributed by atoms with E-state index in [0.29, 0.717) is 21.3 Å². The fourth-order valence-electron chi connectivity index (χ4n) is 2.67. The zero-order chi connectivity index (χ0) is 16.6. The summed E-state index contributed by atoms with van der Waals surface area (Å²) < 4.78 is 39.9. The quantitative estimate of drug-likeness (QED) is 0.768. The maximum Gasteiger partial charge on any atom is 0.162 e. The summed E-state index contributed by atoms with van der Waals surface area (Å²) in [5.41, 5.74) is 1.06. The molecule has 0 spiro atoms. The van der Waals surface area contributed by atoms with Crippen LogP contribution in [-0.2, 0) is 9.84 Å². The molecule has 23 heavy (non-hydrogen) atoms. The monoisotopic (exact) mass is 369 g/mol. The lowest BCUT2D eigenvalue weighted by Gasteiger charge is -2.25. The van der Waals surface area contributed by atoms with Crippen molar-refractivity contribution < 1.29 is 12.8 Å². The molecular formula is C16H13ClFNO2S2. The second kappa shape index (κ2) is 6.19. The Labute approximate surface area is 144 Å². The molecule has 0 amide bonds. The molecule has 3 nitrogen and oxygen atoms in total. The van der Waals surface area contributed by atoms with Gasteiger partial charge in [0.2, 0.25) is 0 Å². The summed E-state index contributed by atoms with van der Waals surface area (Å²) in [6, 6.07) is 10.7. The second-order valence-corrected chi connectivity index (χ2v) is 8.43. The summed E-state index contributed by atoms with van der Waals surface area (Å²) >= 11 is 11.2. The van der Waals surface area contributed by atoms with Crippen LogP contribution >= 0.6 is 23.8 Å². The molecule has 0 fully saturated rings. The second-order valence-electron chi connectivity index (χ2n) is 5.30. The predicted octanol–water partition coefficient (Wildman–Crippen LogP) is 4.13. The van der Waals surface area contributed by atoms with Crippen molar-refractivity contribution in [2.75, 3.05) is 11.1 Å². The molecule has 0 aromatic heterocycles. The van der Waals surface area contributed by atoms with Gasteiger partial charge in [-0.15, -0.1) is 0 Å². The third-order valence-corrected chi connectivity index (χ3v) is 6.27. The molecule has 0 aliphatic carbocycles. The van der Waals surface area contributed by atoms with E-state index in [9.17, 15) is 12.8 Å². The Morgan fingerprint density at radius 2 is 1.91 bits per heavy atom. The Kier molecular flexibility index (Phi) is 4.40. The highest BCUT2D eigenvalue weighted by molar-refractivity contribution is 7.92. The summed E-state index contributed by atoms with van der Waals surface area (Å²) in [7, 11) is -3.65. The summed E-state index contributed by atoms with van der Waals surface area (Å²) in [5.74, 6) is -0.709. The van der Waals surface area contributed by atoms with Gasteiger partial charge in [-0.1, -0.05) is 42.0 Å². The van der Waals surface area contributed by atoms with Crippen LogP contribution in [0, 0.1) is 5.82 Å². The molecule has 1 atom stereocenters. The first-order valence-corrected chi connectivity index (χ1v) is 9.44. The smallest absolute Gasteiger partial charge is 0.162 e. The minimum Gasteiger partial charge on any atom is -0.350 e. The van der Waals surface area contributed by atoms with E-state index in [-0.39, 0.29) is 17.7 Å². The van der Waals surface area contributed by atoms with Gasteiger partial charge in [0.1, 0.15) is 11.1 Å². The van der Waals surface area contributed by atoms with Crippen molar-refractivity contribution in [2.24, 2.45) is 0 Å². The lowest BCUT2D eigenvalue weighted by molar-refractivity contribution is 0.578. The van der Waals surface area contributed by atoms with Gasteiger partial charge in [-0.2, -0.15) is 0 Å². The molecule has 120 valence electrons. The van der Waals surface area contributed by atoms with Gasteiger partial charge in [0, 0.05) is 22.7 Å². The highest BCUT2D eigenvalue weighted by Crippen LogP contribution is 2.39. The van der Waals surface area contributed by atoms with Crippen molar-refractivity contribution in [3.05, 3.63) is 64.4 Å². The van der Waals surface area contributed by atoms with Crippen LogP contribution in [0.1, 0.15) is 22.8 Å². The molecular weight excluding hydrogens is 357 g/mol. The van der Waals surface area contributed by atoms with E-state index in [1.165, 1.54) is 18.2 Å². The van der Waals surface area contributed by atoms with Gasteiger partial charge >= 0.3 is 0 Å². The first kappa shape index (κ1) is 16.4. The first-order chi connectivity index (χ1) is 10.9. The molecule has 0 radical (unpaired) electrons. The van der Waals surface area contributed by atoms with Crippen LogP contribution in [0.2, 0.25) is 5.02 Å². The Morgan fingerprint density at radius 1 is 1.17 bits per heavy atom. The molecule has 0 saturated heterocycles. The molecule has 2 aromatic rings. The highest BCUT2D eigenvalue weighted by atomic mass is 35.5. The van der Waals surface area contributed by atoms with E-state index in [1.807, 2.05) is 0 Å². The number of halogens is 2. The molecule has 0 bridgehead atoms. The molecule has 1 aliphatic rings. The fourth-order valence-corrected chi connectivity index (χ4v) is 5.08. The molecule has 1 aliphatic heterocycles. The fraction of sp³-hybridized carbons (Fsp3) is 0.188. The van der Waals surface area contributed by atoms with E-state index in [0.717, 1.165) is 0 Å². The number of nitrogens with one attached hydrogen (secondary N) is 1. The van der Waals surface area contributed by atoms with Gasteiger partial charge < -0.3 is 5.32 Å². The van der Waals surface area contributed by atoms with Gasteiger partial charge in [0.25, 0.3) is 0 Å². The normalized spacial score (nSPS) is 20.1. The van der Waals surface area contributed by atoms with Crippen molar-refractivity contribution in [1.82, 2.24) is 0 Å². The molecule has 1 N–H and O–H groups in total.